The maximum absolute atomic E-state index is 11.4. The largest absolute Gasteiger partial charge is 1.00 e. The van der Waals surface area contributed by atoms with Crippen molar-refractivity contribution in [2.24, 2.45) is 0 Å². The number of hydroxylamine groups is 2. The number of carbonyl (C=O) groups excluding carboxylic acids is 1. The Balaban J connectivity index is 0.000000511. The van der Waals surface area contributed by atoms with Crippen LogP contribution in [0.3, 0.4) is 0 Å². The third-order valence-corrected chi connectivity index (χ3v) is 6.27. The van der Waals surface area contributed by atoms with Crippen LogP contribution in [-0.4, -0.2) is 64.9 Å². The van der Waals surface area contributed by atoms with Crippen LogP contribution in [0.4, 0.5) is 11.4 Å². The molecule has 0 amide bonds. The van der Waals surface area contributed by atoms with E-state index in [1.165, 1.54) is 40.9 Å². The van der Waals surface area contributed by atoms with Gasteiger partial charge in [-0.2, -0.15) is 0 Å². The Labute approximate surface area is 316 Å². The molecule has 0 fully saturated rings. The van der Waals surface area contributed by atoms with E-state index in [0.29, 0.717) is 34.4 Å². The van der Waals surface area contributed by atoms with E-state index < -0.39 is 23.0 Å². The smallest absolute Gasteiger partial charge is 0.870 e. The number of anilines is 2. The van der Waals surface area contributed by atoms with Crippen molar-refractivity contribution in [1.82, 2.24) is 20.9 Å². The molecule has 2 aromatic heterocycles. The van der Waals surface area contributed by atoms with Crippen LogP contribution < -0.4 is 50.3 Å². The van der Waals surface area contributed by atoms with E-state index in [-0.39, 0.29) is 24.3 Å². The molecule has 0 radical (unpaired) electrons. The Bertz CT molecular complexity index is 1850. The predicted molar refractivity (Wildman–Crippen MR) is 180 cm³/mol. The van der Waals surface area contributed by atoms with Gasteiger partial charge in [0, 0.05) is 12.1 Å². The van der Waals surface area contributed by atoms with E-state index in [2.05, 4.69) is 61.1 Å². The van der Waals surface area contributed by atoms with E-state index in [9.17, 15) is 9.59 Å². The summed E-state index contributed by atoms with van der Waals surface area (Å²) >= 11 is 0. The van der Waals surface area contributed by atoms with Crippen molar-refractivity contribution < 1.29 is 81.4 Å². The van der Waals surface area contributed by atoms with Gasteiger partial charge in [-0.15, -0.1) is 11.0 Å². The Morgan fingerprint density at radius 2 is 1.11 bits per heavy atom. The predicted octanol–water partition coefficient (Wildman–Crippen LogP) is 0.909. The van der Waals surface area contributed by atoms with Gasteiger partial charge in [0.05, 0.1) is 56.2 Å². The van der Waals surface area contributed by atoms with Gasteiger partial charge in [-0.3, -0.25) is 4.79 Å². The molecule has 2 aromatic carbocycles. The fraction of sp³-hybridized carbons (Fsp3) is 0.273. The van der Waals surface area contributed by atoms with Crippen LogP contribution in [0.1, 0.15) is 27.7 Å². The number of oxazole rings is 2. The van der Waals surface area contributed by atoms with Crippen molar-refractivity contribution in [3.8, 4) is 58.6 Å². The minimum atomic E-state index is -1.27. The van der Waals surface area contributed by atoms with Gasteiger partial charge in [-0.1, -0.05) is 0 Å². The second-order valence-electron chi connectivity index (χ2n) is 10.8. The molecule has 4 aromatic rings. The van der Waals surface area contributed by atoms with Crippen LogP contribution >= 0.6 is 0 Å². The molecular formula is C33H37LiN6O13. The molecule has 4 rings (SSSR count). The number of aromatic nitrogens is 2. The number of carboxylic acid groups (broad SMARTS) is 1. The van der Waals surface area contributed by atoms with Gasteiger partial charge in [-0.05, 0) is 52.0 Å². The van der Waals surface area contributed by atoms with Crippen LogP contribution in [0.5, 0.6) is 11.5 Å². The number of aliphatic carboxylic acids is 1. The molecule has 19 nitrogen and oxygen atoms in total. The van der Waals surface area contributed by atoms with Crippen molar-refractivity contribution in [3.05, 3.63) is 61.6 Å². The molecule has 0 bridgehead atoms. The zero-order chi connectivity index (χ0) is 37.3. The van der Waals surface area contributed by atoms with E-state index in [0.717, 1.165) is 11.1 Å². The molecule has 6 N–H and O–H groups in total. The second kappa shape index (κ2) is 21.9. The fourth-order valence-corrected chi connectivity index (χ4v) is 3.51. The Kier molecular flexibility index (Phi) is 18.5. The first kappa shape index (κ1) is 44.8. The van der Waals surface area contributed by atoms with Crippen molar-refractivity contribution in [2.45, 2.75) is 38.8 Å². The number of hydrogen-bond donors (Lipinski definition) is 5. The summed E-state index contributed by atoms with van der Waals surface area (Å²) < 4.78 is 25.7. The number of esters is 1. The summed E-state index contributed by atoms with van der Waals surface area (Å²) in [5.74, 6) is 0.719. The van der Waals surface area contributed by atoms with Gasteiger partial charge >= 0.3 is 30.8 Å². The molecule has 53 heavy (non-hydrogen) atoms. The van der Waals surface area contributed by atoms with Crippen LogP contribution in [0.2, 0.25) is 0 Å². The van der Waals surface area contributed by atoms with Crippen molar-refractivity contribution >= 4 is 23.3 Å². The molecule has 0 aliphatic heterocycles. The van der Waals surface area contributed by atoms with Gasteiger partial charge in [0.2, 0.25) is 0 Å². The third kappa shape index (κ3) is 13.8. The van der Waals surface area contributed by atoms with Crippen LogP contribution in [0, 0.1) is 24.4 Å². The maximum Gasteiger partial charge on any atom is 1.00 e. The molecular weight excluding hydrogens is 695 g/mol. The van der Waals surface area contributed by atoms with E-state index >= 15 is 0 Å². The van der Waals surface area contributed by atoms with Gasteiger partial charge in [0.15, 0.2) is 48.7 Å². The number of rotatable bonds is 14. The van der Waals surface area contributed by atoms with Gasteiger partial charge in [-0.25, -0.2) is 25.7 Å². The number of ether oxygens (including phenoxy) is 3. The number of carbonyl (C=O) groups is 2. The molecule has 0 atom stereocenters. The SMILES string of the molecule is COC(=O)C(C)(C)NOC#CONc1ccc(-c2cnco2)c(OC)c1.COc1cc(NOC#CONC(C)(C)C(=O)O)ccc1-c1cnco1.[Li+].[OH-]. The Hall–Kier alpha value is -6.20. The first-order valence-corrected chi connectivity index (χ1v) is 14.6. The second-order valence-corrected chi connectivity index (χ2v) is 10.8. The molecule has 20 heteroatoms. The maximum atomic E-state index is 11.4. The number of nitrogens with one attached hydrogen (secondary N) is 4. The number of benzene rings is 2. The fourth-order valence-electron chi connectivity index (χ4n) is 3.51. The monoisotopic (exact) mass is 732 g/mol. The number of nitrogens with zero attached hydrogens (tertiary/aromatic N) is 2. The molecule has 278 valence electrons. The minimum Gasteiger partial charge on any atom is -0.870 e. The van der Waals surface area contributed by atoms with E-state index in [4.69, 9.17) is 42.8 Å². The average molecular weight is 733 g/mol. The molecule has 2 heterocycles. The van der Waals surface area contributed by atoms with E-state index in [1.807, 2.05) is 0 Å². The minimum absolute atomic E-state index is 0. The molecule has 0 aliphatic carbocycles. The van der Waals surface area contributed by atoms with Gasteiger partial charge in [0.1, 0.15) is 22.6 Å². The molecule has 0 spiro atoms. The van der Waals surface area contributed by atoms with Crippen molar-refractivity contribution in [3.63, 3.8) is 0 Å². The summed E-state index contributed by atoms with van der Waals surface area (Å²) in [7, 11) is 4.36. The number of carboxylic acids is 1. The quantitative estimate of drug-likeness (QED) is 0.0523. The molecule has 0 aliphatic rings. The van der Waals surface area contributed by atoms with Gasteiger partial charge in [0.25, 0.3) is 0 Å². The first-order chi connectivity index (χ1) is 24.4. The zero-order valence-electron chi connectivity index (χ0n) is 30.1. The third-order valence-electron chi connectivity index (χ3n) is 6.27. The van der Waals surface area contributed by atoms with Crippen LogP contribution in [-0.2, 0) is 33.7 Å². The van der Waals surface area contributed by atoms with E-state index in [1.54, 1.807) is 69.7 Å². The van der Waals surface area contributed by atoms with Crippen LogP contribution in [0.15, 0.2) is 70.4 Å². The average Bonchev–Trinajstić information content (AvgIpc) is 3.86. The summed E-state index contributed by atoms with van der Waals surface area (Å²) in [6, 6.07) is 10.4. The number of methoxy groups -OCH3 is 3. The van der Waals surface area contributed by atoms with Crippen molar-refractivity contribution in [2.75, 3.05) is 32.3 Å². The summed E-state index contributed by atoms with van der Waals surface area (Å²) in [6.45, 7) is 6.03. The summed E-state index contributed by atoms with van der Waals surface area (Å²) in [5.41, 5.74) is 10.3. The Morgan fingerprint density at radius 1 is 0.698 bits per heavy atom. The molecule has 0 saturated carbocycles. The summed E-state index contributed by atoms with van der Waals surface area (Å²) in [4.78, 5) is 49.5. The molecule has 0 unspecified atom stereocenters. The normalized spacial score (nSPS) is 9.94. The standard InChI is InChI=1S/C17H19N3O6.C16H17N3O6.Li.H2O/c1-17(2,16(21)23-4)20-26-8-7-25-19-12-5-6-13(14(9-12)22-3)15-10-18-11-24-15;1-16(2,15(20)21)19-25-7-6-24-18-11-4-5-12(13(8-11)22-3)14-9-17-10-23-14;;/h5-6,9-11,19-20H,1-4H3;4-5,8-10,18-19H,1-3H3,(H,20,21);;1H2/q;;+1;/p-1. The molecule has 0 saturated heterocycles. The zero-order valence-corrected chi connectivity index (χ0v) is 30.1. The first-order valence-electron chi connectivity index (χ1n) is 14.6. The van der Waals surface area contributed by atoms with Crippen molar-refractivity contribution in [1.29, 1.82) is 0 Å². The summed E-state index contributed by atoms with van der Waals surface area (Å²) in [5, 5.41) is 8.88. The number of hydrogen-bond acceptors (Lipinski definition) is 18. The van der Waals surface area contributed by atoms with Crippen LogP contribution in [0.25, 0.3) is 22.6 Å². The topological polar surface area (TPSA) is 249 Å². The summed E-state index contributed by atoms with van der Waals surface area (Å²) in [6.07, 6.45) is 14.7. The van der Waals surface area contributed by atoms with Gasteiger partial charge < -0.3 is 53.0 Å². The Morgan fingerprint density at radius 3 is 1.47 bits per heavy atom.